The van der Waals surface area contributed by atoms with E-state index in [9.17, 15) is 0 Å². The molecule has 2 aromatic carbocycles. The van der Waals surface area contributed by atoms with Gasteiger partial charge in [-0.25, -0.2) is 20.0 Å². The monoisotopic (exact) mass is 588 g/mol. The fourth-order valence-electron chi connectivity index (χ4n) is 6.06. The number of rotatable bonds is 13. The Kier molecular flexibility index (Phi) is 8.91. The van der Waals surface area contributed by atoms with E-state index in [1.54, 1.807) is 14.2 Å². The van der Waals surface area contributed by atoms with Gasteiger partial charge in [-0.3, -0.25) is 0 Å². The third-order valence-electron chi connectivity index (χ3n) is 8.59. The van der Waals surface area contributed by atoms with Gasteiger partial charge in [0.1, 0.15) is 0 Å². The summed E-state index contributed by atoms with van der Waals surface area (Å²) in [4.78, 5) is 9.31. The molecule has 0 bridgehead atoms. The van der Waals surface area contributed by atoms with Gasteiger partial charge in [0.2, 0.25) is 11.8 Å². The van der Waals surface area contributed by atoms with Crippen LogP contribution < -0.4 is 9.47 Å². The molecule has 226 valence electrons. The van der Waals surface area contributed by atoms with Crippen molar-refractivity contribution in [3.8, 4) is 11.8 Å². The maximum absolute atomic E-state index is 5.36. The minimum absolute atomic E-state index is 0.174. The number of nitrogens with zero attached hydrogens (tertiary/aromatic N) is 6. The molecule has 0 N–H and O–H groups in total. The lowest BCUT2D eigenvalue weighted by molar-refractivity contribution is 0.0206. The predicted octanol–water partition coefficient (Wildman–Crippen LogP) is 6.84. The first kappa shape index (κ1) is 29.4. The van der Waals surface area contributed by atoms with E-state index in [0.29, 0.717) is 11.8 Å². The Hall–Kier alpha value is -4.66. The second-order valence-electron chi connectivity index (χ2n) is 11.2. The third-order valence-corrected chi connectivity index (χ3v) is 8.59. The summed E-state index contributed by atoms with van der Waals surface area (Å²) in [6.07, 6.45) is 6.18. The van der Waals surface area contributed by atoms with Gasteiger partial charge in [0.05, 0.1) is 48.4 Å². The Balaban J connectivity index is 1.18. The summed E-state index contributed by atoms with van der Waals surface area (Å²) in [5, 5.41) is 4.68. The molecular weight excluding hydrogens is 548 g/mol. The molecule has 0 amide bonds. The number of ether oxygens (including phenoxy) is 2. The SMILES string of the molecule is COc1ccc2c(ccn2C(CCN(C)N(C)CCC(c2ccccc2)n2ccc3nc(OC)ccc32)c2ccccc2)n1. The fourth-order valence-corrected chi connectivity index (χ4v) is 6.06. The van der Waals surface area contributed by atoms with Gasteiger partial charge in [-0.2, -0.15) is 0 Å². The quantitative estimate of drug-likeness (QED) is 0.138. The van der Waals surface area contributed by atoms with E-state index in [1.807, 2.05) is 12.1 Å². The molecule has 4 aromatic heterocycles. The normalized spacial score (nSPS) is 13.1. The molecule has 6 aromatic rings. The minimum atomic E-state index is 0.174. The predicted molar refractivity (Wildman–Crippen MR) is 176 cm³/mol. The van der Waals surface area contributed by atoms with Crippen molar-refractivity contribution in [1.29, 1.82) is 0 Å². The largest absolute Gasteiger partial charge is 0.481 e. The second-order valence-corrected chi connectivity index (χ2v) is 11.2. The average molecular weight is 589 g/mol. The summed E-state index contributed by atoms with van der Waals surface area (Å²) < 4.78 is 15.4. The van der Waals surface area contributed by atoms with Crippen LogP contribution in [0, 0.1) is 0 Å². The molecule has 4 heterocycles. The van der Waals surface area contributed by atoms with Crippen molar-refractivity contribution in [2.75, 3.05) is 41.4 Å². The van der Waals surface area contributed by atoms with E-state index in [-0.39, 0.29) is 12.1 Å². The van der Waals surface area contributed by atoms with Crippen molar-refractivity contribution in [1.82, 2.24) is 29.1 Å². The van der Waals surface area contributed by atoms with Crippen LogP contribution in [0.1, 0.15) is 36.1 Å². The van der Waals surface area contributed by atoms with Gasteiger partial charge >= 0.3 is 0 Å². The Labute approximate surface area is 259 Å². The van der Waals surface area contributed by atoms with E-state index in [2.05, 4.69) is 141 Å². The Morgan fingerprint density at radius 1 is 0.568 bits per heavy atom. The summed E-state index contributed by atoms with van der Waals surface area (Å²) >= 11 is 0. The molecule has 0 saturated heterocycles. The first-order chi connectivity index (χ1) is 21.6. The number of hydrazine groups is 1. The van der Waals surface area contributed by atoms with Crippen LogP contribution in [0.3, 0.4) is 0 Å². The molecule has 0 aliphatic carbocycles. The third kappa shape index (κ3) is 6.18. The van der Waals surface area contributed by atoms with Gasteiger partial charge in [-0.1, -0.05) is 60.7 Å². The van der Waals surface area contributed by atoms with E-state index in [1.165, 1.54) is 11.1 Å². The van der Waals surface area contributed by atoms with Crippen LogP contribution in [0.4, 0.5) is 0 Å². The van der Waals surface area contributed by atoms with Crippen LogP contribution in [-0.2, 0) is 0 Å². The summed E-state index contributed by atoms with van der Waals surface area (Å²) in [5.41, 5.74) is 6.65. The number of fused-ring (bicyclic) bond motifs is 2. The van der Waals surface area contributed by atoms with Crippen molar-refractivity contribution in [3.63, 3.8) is 0 Å². The van der Waals surface area contributed by atoms with Gasteiger partial charge in [0.25, 0.3) is 0 Å². The van der Waals surface area contributed by atoms with E-state index < -0.39 is 0 Å². The van der Waals surface area contributed by atoms with Gasteiger partial charge in [-0.05, 0) is 48.2 Å². The van der Waals surface area contributed by atoms with Crippen LogP contribution in [0.5, 0.6) is 11.8 Å². The molecule has 0 radical (unpaired) electrons. The van der Waals surface area contributed by atoms with Crippen molar-refractivity contribution >= 4 is 22.1 Å². The number of hydrogen-bond acceptors (Lipinski definition) is 6. The standard InChI is InChI=1S/C36H40N6O2/c1-39(23-21-31(27-11-7-5-8-12-27)41-25-19-29-33(41)15-17-35(37-29)43-3)40(2)24-22-32(28-13-9-6-10-14-28)42-26-20-30-34(42)16-18-36(38-30)44-4/h5-20,25-26,31-32H,21-24H2,1-4H3. The molecule has 0 saturated carbocycles. The fraction of sp³-hybridized carbons (Fsp3) is 0.278. The molecular formula is C36H40N6O2. The zero-order chi connectivity index (χ0) is 30.5. The maximum atomic E-state index is 5.36. The van der Waals surface area contributed by atoms with E-state index >= 15 is 0 Å². The summed E-state index contributed by atoms with van der Waals surface area (Å²) in [7, 11) is 7.67. The van der Waals surface area contributed by atoms with Crippen LogP contribution in [0.2, 0.25) is 0 Å². The number of benzene rings is 2. The molecule has 0 aliphatic rings. The molecule has 2 unspecified atom stereocenters. The summed E-state index contributed by atoms with van der Waals surface area (Å²) in [5.74, 6) is 1.26. The molecule has 2 atom stereocenters. The molecule has 8 heteroatoms. The molecule has 0 fully saturated rings. The molecule has 8 nitrogen and oxygen atoms in total. The first-order valence-corrected chi connectivity index (χ1v) is 15.1. The zero-order valence-corrected chi connectivity index (χ0v) is 25.9. The van der Waals surface area contributed by atoms with Crippen molar-refractivity contribution in [3.05, 3.63) is 121 Å². The van der Waals surface area contributed by atoms with Crippen LogP contribution >= 0.6 is 0 Å². The average Bonchev–Trinajstić information content (AvgIpc) is 3.69. The van der Waals surface area contributed by atoms with Crippen molar-refractivity contribution in [2.45, 2.75) is 24.9 Å². The summed E-state index contributed by atoms with van der Waals surface area (Å²) in [6.45, 7) is 1.79. The lowest BCUT2D eigenvalue weighted by Gasteiger charge is -2.32. The number of aromatic nitrogens is 4. The van der Waals surface area contributed by atoms with Crippen molar-refractivity contribution < 1.29 is 9.47 Å². The van der Waals surface area contributed by atoms with Crippen LogP contribution in [0.15, 0.2) is 109 Å². The van der Waals surface area contributed by atoms with Gasteiger partial charge < -0.3 is 18.6 Å². The second kappa shape index (κ2) is 13.3. The number of pyridine rings is 2. The highest BCUT2D eigenvalue weighted by molar-refractivity contribution is 5.77. The van der Waals surface area contributed by atoms with Gasteiger partial charge in [-0.15, -0.1) is 0 Å². The Morgan fingerprint density at radius 2 is 0.977 bits per heavy atom. The number of methoxy groups -OCH3 is 2. The first-order valence-electron chi connectivity index (χ1n) is 15.1. The smallest absolute Gasteiger partial charge is 0.213 e. The van der Waals surface area contributed by atoms with E-state index in [0.717, 1.165) is 48.0 Å². The van der Waals surface area contributed by atoms with Gasteiger partial charge in [0, 0.05) is 51.7 Å². The maximum Gasteiger partial charge on any atom is 0.213 e. The molecule has 0 spiro atoms. The zero-order valence-electron chi connectivity index (χ0n) is 25.9. The minimum Gasteiger partial charge on any atom is -0.481 e. The Morgan fingerprint density at radius 3 is 1.36 bits per heavy atom. The highest BCUT2D eigenvalue weighted by Gasteiger charge is 2.21. The van der Waals surface area contributed by atoms with E-state index in [4.69, 9.17) is 9.47 Å². The lowest BCUT2D eigenvalue weighted by atomic mass is 10.0. The van der Waals surface area contributed by atoms with Crippen LogP contribution in [0.25, 0.3) is 22.1 Å². The van der Waals surface area contributed by atoms with Crippen LogP contribution in [-0.4, -0.2) is 70.5 Å². The molecule has 0 aliphatic heterocycles. The summed E-state index contributed by atoms with van der Waals surface area (Å²) in [6, 6.07) is 34.0. The lowest BCUT2D eigenvalue weighted by Crippen LogP contribution is -2.39. The van der Waals surface area contributed by atoms with Gasteiger partial charge in [0.15, 0.2) is 0 Å². The Bertz CT molecular complexity index is 1670. The topological polar surface area (TPSA) is 60.6 Å². The molecule has 44 heavy (non-hydrogen) atoms. The molecule has 6 rings (SSSR count). The van der Waals surface area contributed by atoms with Crippen molar-refractivity contribution in [2.24, 2.45) is 0 Å². The number of hydrogen-bond donors (Lipinski definition) is 0. The highest BCUT2D eigenvalue weighted by Crippen LogP contribution is 2.30. The highest BCUT2D eigenvalue weighted by atomic mass is 16.5.